The van der Waals surface area contributed by atoms with Crippen molar-refractivity contribution in [3.8, 4) is 11.5 Å². The van der Waals surface area contributed by atoms with Crippen molar-refractivity contribution in [3.63, 3.8) is 0 Å². The Bertz CT molecular complexity index is 932. The standard InChI is InChI=1S/C16H15BrCl2N6O2/c1-26-14-6-5-11(17)9(7-21-25-16(20)22-23-24-25)15(14)27-8-10-12(18)3-2-4-13(10)19/h2-6,21H,7-8H2,1H3,(H2,20,22,24). The van der Waals surface area contributed by atoms with E-state index in [1.165, 1.54) is 4.79 Å². The lowest BCUT2D eigenvalue weighted by atomic mass is 10.1. The van der Waals surface area contributed by atoms with E-state index in [0.717, 1.165) is 10.0 Å². The number of hydrogen-bond donors (Lipinski definition) is 2. The van der Waals surface area contributed by atoms with E-state index in [2.05, 4.69) is 36.9 Å². The zero-order valence-electron chi connectivity index (χ0n) is 14.1. The van der Waals surface area contributed by atoms with Crippen LogP contribution in [0.3, 0.4) is 0 Å². The molecule has 0 fully saturated rings. The van der Waals surface area contributed by atoms with E-state index < -0.39 is 0 Å². The second kappa shape index (κ2) is 8.64. The van der Waals surface area contributed by atoms with Crippen molar-refractivity contribution in [2.45, 2.75) is 13.2 Å². The average molecular weight is 474 g/mol. The quantitative estimate of drug-likeness (QED) is 0.540. The second-order valence-corrected chi connectivity index (χ2v) is 7.00. The molecule has 0 atom stereocenters. The maximum Gasteiger partial charge on any atom is 0.260 e. The van der Waals surface area contributed by atoms with Crippen molar-refractivity contribution in [2.24, 2.45) is 0 Å². The van der Waals surface area contributed by atoms with Crippen LogP contribution in [0.2, 0.25) is 10.0 Å². The molecule has 8 nitrogen and oxygen atoms in total. The van der Waals surface area contributed by atoms with Crippen molar-refractivity contribution in [3.05, 3.63) is 56.0 Å². The number of nitrogens with one attached hydrogen (secondary N) is 1. The molecule has 0 spiro atoms. The minimum atomic E-state index is 0.138. The summed E-state index contributed by atoms with van der Waals surface area (Å²) in [6.45, 7) is 0.490. The molecule has 1 heterocycles. The fraction of sp³-hybridized carbons (Fsp3) is 0.188. The third kappa shape index (κ3) is 4.37. The van der Waals surface area contributed by atoms with Crippen LogP contribution in [0, 0.1) is 0 Å². The van der Waals surface area contributed by atoms with Crippen LogP contribution in [-0.2, 0) is 13.2 Å². The van der Waals surface area contributed by atoms with Gasteiger partial charge in [-0.25, -0.2) is 0 Å². The summed E-state index contributed by atoms with van der Waals surface area (Å²) in [5.41, 5.74) is 10.1. The number of tetrazole rings is 1. The van der Waals surface area contributed by atoms with E-state index in [1.807, 2.05) is 6.07 Å². The SMILES string of the molecule is COc1ccc(Br)c(CNn2nnnc2N)c1OCc1c(Cl)cccc1Cl. The molecule has 0 radical (unpaired) electrons. The van der Waals surface area contributed by atoms with Gasteiger partial charge in [0, 0.05) is 25.6 Å². The van der Waals surface area contributed by atoms with Crippen molar-refractivity contribution in [1.82, 2.24) is 20.3 Å². The van der Waals surface area contributed by atoms with Crippen LogP contribution >= 0.6 is 39.1 Å². The maximum atomic E-state index is 6.23. The van der Waals surface area contributed by atoms with Gasteiger partial charge in [-0.1, -0.05) is 50.3 Å². The molecule has 0 saturated heterocycles. The lowest BCUT2D eigenvalue weighted by Gasteiger charge is -2.18. The molecule has 27 heavy (non-hydrogen) atoms. The van der Waals surface area contributed by atoms with Gasteiger partial charge < -0.3 is 20.6 Å². The Labute approximate surface area is 173 Å². The van der Waals surface area contributed by atoms with Gasteiger partial charge in [0.25, 0.3) is 5.95 Å². The topological polar surface area (TPSA) is 100 Å². The summed E-state index contributed by atoms with van der Waals surface area (Å²) in [6.07, 6.45) is 0. The zero-order valence-corrected chi connectivity index (χ0v) is 17.2. The number of hydrogen-bond acceptors (Lipinski definition) is 7. The van der Waals surface area contributed by atoms with Crippen LogP contribution < -0.4 is 20.6 Å². The first-order valence-electron chi connectivity index (χ1n) is 7.70. The molecule has 0 unspecified atom stereocenters. The van der Waals surface area contributed by atoms with Gasteiger partial charge in [0.1, 0.15) is 6.61 Å². The normalized spacial score (nSPS) is 10.7. The smallest absolute Gasteiger partial charge is 0.260 e. The van der Waals surface area contributed by atoms with Gasteiger partial charge in [-0.3, -0.25) is 0 Å². The van der Waals surface area contributed by atoms with E-state index in [9.17, 15) is 0 Å². The number of aromatic nitrogens is 4. The van der Waals surface area contributed by atoms with Gasteiger partial charge in [-0.2, -0.15) is 0 Å². The minimum absolute atomic E-state index is 0.138. The fourth-order valence-electron chi connectivity index (χ4n) is 2.34. The number of nitrogens with zero attached hydrogens (tertiary/aromatic N) is 4. The number of ether oxygens (including phenoxy) is 2. The Hall–Kier alpha value is -2.23. The molecule has 0 aliphatic rings. The molecule has 0 aliphatic carbocycles. The first-order valence-corrected chi connectivity index (χ1v) is 9.25. The Morgan fingerprint density at radius 1 is 1.19 bits per heavy atom. The van der Waals surface area contributed by atoms with E-state index in [1.54, 1.807) is 31.4 Å². The summed E-state index contributed by atoms with van der Waals surface area (Å²) in [7, 11) is 1.56. The second-order valence-electron chi connectivity index (χ2n) is 5.33. The number of methoxy groups -OCH3 is 1. The number of nitrogen functional groups attached to an aromatic ring is 1. The summed E-state index contributed by atoms with van der Waals surface area (Å²) in [4.78, 5) is 1.26. The van der Waals surface area contributed by atoms with E-state index in [4.69, 9.17) is 38.4 Å². The van der Waals surface area contributed by atoms with Gasteiger partial charge in [-0.05, 0) is 34.7 Å². The molecule has 0 bridgehead atoms. The molecule has 2 aromatic carbocycles. The van der Waals surface area contributed by atoms with E-state index in [0.29, 0.717) is 33.7 Å². The molecule has 1 aromatic heterocycles. The average Bonchev–Trinajstić information content (AvgIpc) is 3.05. The number of nitrogens with two attached hydrogens (primary N) is 1. The summed E-state index contributed by atoms with van der Waals surface area (Å²) < 4.78 is 12.3. The Balaban J connectivity index is 1.88. The number of benzene rings is 2. The molecular weight excluding hydrogens is 459 g/mol. The number of rotatable bonds is 7. The Kier molecular flexibility index (Phi) is 6.25. The monoisotopic (exact) mass is 472 g/mol. The van der Waals surface area contributed by atoms with Gasteiger partial charge in [0.05, 0.1) is 13.7 Å². The molecule has 0 saturated carbocycles. The molecule has 0 amide bonds. The highest BCUT2D eigenvalue weighted by Gasteiger charge is 2.17. The van der Waals surface area contributed by atoms with Crippen LogP contribution in [-0.4, -0.2) is 27.4 Å². The lowest BCUT2D eigenvalue weighted by molar-refractivity contribution is 0.281. The highest BCUT2D eigenvalue weighted by atomic mass is 79.9. The highest BCUT2D eigenvalue weighted by Crippen LogP contribution is 2.37. The predicted octanol–water partition coefficient (Wildman–Crippen LogP) is 3.66. The minimum Gasteiger partial charge on any atom is -0.493 e. The first-order chi connectivity index (χ1) is 13.0. The van der Waals surface area contributed by atoms with Crippen molar-refractivity contribution < 1.29 is 9.47 Å². The van der Waals surface area contributed by atoms with Crippen LogP contribution in [0.25, 0.3) is 0 Å². The van der Waals surface area contributed by atoms with Crippen LogP contribution in [0.4, 0.5) is 5.95 Å². The van der Waals surface area contributed by atoms with Crippen molar-refractivity contribution in [2.75, 3.05) is 18.3 Å². The summed E-state index contributed by atoms with van der Waals surface area (Å²) >= 11 is 16.0. The molecule has 3 aromatic rings. The molecular formula is C16H15BrCl2N6O2. The highest BCUT2D eigenvalue weighted by molar-refractivity contribution is 9.10. The van der Waals surface area contributed by atoms with Crippen LogP contribution in [0.5, 0.6) is 11.5 Å². The predicted molar refractivity (Wildman–Crippen MR) is 107 cm³/mol. The maximum absolute atomic E-state index is 6.23. The summed E-state index contributed by atoms with van der Waals surface area (Å²) in [6, 6.07) is 8.94. The molecule has 3 N–H and O–H groups in total. The summed E-state index contributed by atoms with van der Waals surface area (Å²) in [5.74, 6) is 1.23. The van der Waals surface area contributed by atoms with Gasteiger partial charge >= 0.3 is 0 Å². The van der Waals surface area contributed by atoms with Gasteiger partial charge in [-0.15, -0.1) is 4.79 Å². The first kappa shape index (κ1) is 19.5. The van der Waals surface area contributed by atoms with Crippen LogP contribution in [0.1, 0.15) is 11.1 Å². The zero-order chi connectivity index (χ0) is 19.4. The fourth-order valence-corrected chi connectivity index (χ4v) is 3.30. The Morgan fingerprint density at radius 2 is 1.93 bits per heavy atom. The van der Waals surface area contributed by atoms with E-state index >= 15 is 0 Å². The summed E-state index contributed by atoms with van der Waals surface area (Å²) in [5, 5.41) is 11.9. The van der Waals surface area contributed by atoms with Crippen molar-refractivity contribution >= 4 is 45.1 Å². The largest absolute Gasteiger partial charge is 0.493 e. The van der Waals surface area contributed by atoms with Crippen molar-refractivity contribution in [1.29, 1.82) is 0 Å². The lowest BCUT2D eigenvalue weighted by Crippen LogP contribution is -2.19. The molecule has 3 rings (SSSR count). The van der Waals surface area contributed by atoms with Gasteiger partial charge in [0.2, 0.25) is 0 Å². The third-order valence-corrected chi connectivity index (χ3v) is 5.16. The number of anilines is 1. The third-order valence-electron chi connectivity index (χ3n) is 3.71. The number of halogens is 3. The van der Waals surface area contributed by atoms with Gasteiger partial charge in [0.15, 0.2) is 11.5 Å². The Morgan fingerprint density at radius 3 is 2.56 bits per heavy atom. The van der Waals surface area contributed by atoms with E-state index in [-0.39, 0.29) is 12.6 Å². The molecule has 142 valence electrons. The van der Waals surface area contributed by atoms with Crippen LogP contribution in [0.15, 0.2) is 34.8 Å². The molecule has 0 aliphatic heterocycles. The molecule has 11 heteroatoms.